The molecule has 4 heteroatoms. The summed E-state index contributed by atoms with van der Waals surface area (Å²) in [4.78, 5) is 6.63. The highest BCUT2D eigenvalue weighted by molar-refractivity contribution is 5.48. The molecule has 0 aliphatic heterocycles. The van der Waals surface area contributed by atoms with Crippen LogP contribution in [0.4, 0.5) is 5.82 Å². The molecule has 19 heavy (non-hydrogen) atoms. The number of hydrogen-bond acceptors (Lipinski definition) is 4. The number of aliphatic hydroxyl groups excluding tert-OH is 2. The Morgan fingerprint density at radius 2 is 2.11 bits per heavy atom. The molecule has 1 saturated carbocycles. The second-order valence-corrected chi connectivity index (χ2v) is 5.30. The van der Waals surface area contributed by atoms with E-state index in [9.17, 15) is 10.2 Å². The summed E-state index contributed by atoms with van der Waals surface area (Å²) in [5.41, 5.74) is 0.849. The van der Waals surface area contributed by atoms with Gasteiger partial charge >= 0.3 is 0 Å². The molecule has 0 bridgehead atoms. The topological polar surface area (TPSA) is 56.6 Å². The molecule has 1 atom stereocenters. The molecule has 106 valence electrons. The first-order valence-electron chi connectivity index (χ1n) is 7.24. The molecule has 0 amide bonds. The van der Waals surface area contributed by atoms with E-state index in [1.807, 2.05) is 12.1 Å². The highest BCUT2D eigenvalue weighted by Gasteiger charge is 2.24. The molecular weight excluding hydrogens is 240 g/mol. The molecule has 1 unspecified atom stereocenters. The van der Waals surface area contributed by atoms with E-state index < -0.39 is 6.10 Å². The minimum Gasteiger partial charge on any atom is -0.395 e. The fourth-order valence-corrected chi connectivity index (χ4v) is 2.94. The van der Waals surface area contributed by atoms with Crippen molar-refractivity contribution >= 4 is 5.82 Å². The average Bonchev–Trinajstić information content (AvgIpc) is 2.45. The van der Waals surface area contributed by atoms with Crippen LogP contribution in [0.15, 0.2) is 18.3 Å². The summed E-state index contributed by atoms with van der Waals surface area (Å²) in [7, 11) is 0. The van der Waals surface area contributed by atoms with E-state index in [1.54, 1.807) is 13.1 Å². The van der Waals surface area contributed by atoms with Crippen molar-refractivity contribution in [2.45, 2.75) is 51.2 Å². The molecule has 1 heterocycles. The average molecular weight is 264 g/mol. The van der Waals surface area contributed by atoms with Crippen LogP contribution in [0.25, 0.3) is 0 Å². The summed E-state index contributed by atoms with van der Waals surface area (Å²) in [6.07, 6.45) is 7.30. The minimum absolute atomic E-state index is 0.117. The summed E-state index contributed by atoms with van der Waals surface area (Å²) in [6.45, 7) is 2.46. The van der Waals surface area contributed by atoms with Crippen molar-refractivity contribution in [3.05, 3.63) is 23.9 Å². The van der Waals surface area contributed by atoms with Crippen molar-refractivity contribution in [3.8, 4) is 0 Å². The van der Waals surface area contributed by atoms with Gasteiger partial charge < -0.3 is 15.1 Å². The van der Waals surface area contributed by atoms with Crippen molar-refractivity contribution in [2.75, 3.05) is 18.1 Å². The third-order valence-corrected chi connectivity index (χ3v) is 3.90. The van der Waals surface area contributed by atoms with E-state index in [0.29, 0.717) is 12.6 Å². The Bertz CT molecular complexity index is 389. The van der Waals surface area contributed by atoms with Crippen LogP contribution >= 0.6 is 0 Å². The molecule has 1 fully saturated rings. The third-order valence-electron chi connectivity index (χ3n) is 3.90. The molecule has 0 saturated heterocycles. The number of aromatic nitrogens is 1. The van der Waals surface area contributed by atoms with Gasteiger partial charge in [0.05, 0.1) is 12.7 Å². The van der Waals surface area contributed by atoms with Gasteiger partial charge in [0.1, 0.15) is 5.82 Å². The van der Waals surface area contributed by atoms with Crippen LogP contribution in [0.2, 0.25) is 0 Å². The van der Waals surface area contributed by atoms with Gasteiger partial charge in [0.25, 0.3) is 0 Å². The lowest BCUT2D eigenvalue weighted by Crippen LogP contribution is -2.40. The Kier molecular flexibility index (Phi) is 5.16. The molecule has 4 nitrogen and oxygen atoms in total. The molecule has 2 N–H and O–H groups in total. The number of rotatable bonds is 5. The van der Waals surface area contributed by atoms with Gasteiger partial charge in [-0.3, -0.25) is 0 Å². The predicted molar refractivity (Wildman–Crippen MR) is 76.2 cm³/mol. The highest BCUT2D eigenvalue weighted by atomic mass is 16.3. The standard InChI is InChI=1S/C15H24N2O2/c1-12(19)14-8-5-9-16-15(14)17(10-11-18)13-6-3-2-4-7-13/h5,8-9,12-13,18-19H,2-4,6-7,10-11H2,1H3. The first-order valence-corrected chi connectivity index (χ1v) is 7.24. The summed E-state index contributed by atoms with van der Waals surface area (Å²) in [6, 6.07) is 4.21. The Labute approximate surface area is 115 Å². The maximum Gasteiger partial charge on any atom is 0.134 e. The SMILES string of the molecule is CC(O)c1cccnc1N(CCO)C1CCCCC1. The van der Waals surface area contributed by atoms with Gasteiger partial charge in [0.15, 0.2) is 0 Å². The lowest BCUT2D eigenvalue weighted by Gasteiger charge is -2.36. The molecule has 0 radical (unpaired) electrons. The van der Waals surface area contributed by atoms with Gasteiger partial charge in [0.2, 0.25) is 0 Å². The third kappa shape index (κ3) is 3.45. The molecule has 1 aliphatic rings. The van der Waals surface area contributed by atoms with E-state index in [-0.39, 0.29) is 6.61 Å². The lowest BCUT2D eigenvalue weighted by atomic mass is 9.93. The fourth-order valence-electron chi connectivity index (χ4n) is 2.94. The Balaban J connectivity index is 2.27. The minimum atomic E-state index is -0.534. The summed E-state index contributed by atoms with van der Waals surface area (Å²) < 4.78 is 0. The zero-order chi connectivity index (χ0) is 13.7. The van der Waals surface area contributed by atoms with Crippen LogP contribution < -0.4 is 4.90 Å². The van der Waals surface area contributed by atoms with Crippen molar-refractivity contribution in [3.63, 3.8) is 0 Å². The van der Waals surface area contributed by atoms with Gasteiger partial charge in [-0.1, -0.05) is 25.3 Å². The second kappa shape index (κ2) is 6.87. The summed E-state index contributed by atoms with van der Waals surface area (Å²) >= 11 is 0. The van der Waals surface area contributed by atoms with Gasteiger partial charge in [-0.15, -0.1) is 0 Å². The van der Waals surface area contributed by atoms with Crippen LogP contribution in [-0.4, -0.2) is 34.4 Å². The maximum absolute atomic E-state index is 9.89. The molecule has 0 aromatic carbocycles. The largest absolute Gasteiger partial charge is 0.395 e. The highest BCUT2D eigenvalue weighted by Crippen LogP contribution is 2.30. The van der Waals surface area contributed by atoms with Crippen LogP contribution in [0, 0.1) is 0 Å². The first kappa shape index (κ1) is 14.3. The van der Waals surface area contributed by atoms with Crippen LogP contribution in [-0.2, 0) is 0 Å². The van der Waals surface area contributed by atoms with E-state index in [1.165, 1.54) is 19.3 Å². The molecule has 2 rings (SSSR count). The molecule has 1 aliphatic carbocycles. The van der Waals surface area contributed by atoms with Gasteiger partial charge in [0, 0.05) is 24.3 Å². The van der Waals surface area contributed by atoms with Gasteiger partial charge in [-0.2, -0.15) is 0 Å². The molecule has 0 spiro atoms. The summed E-state index contributed by atoms with van der Waals surface area (Å²) in [5, 5.41) is 19.2. The second-order valence-electron chi connectivity index (χ2n) is 5.30. The van der Waals surface area contributed by atoms with E-state index >= 15 is 0 Å². The monoisotopic (exact) mass is 264 g/mol. The van der Waals surface area contributed by atoms with Crippen LogP contribution in [0.5, 0.6) is 0 Å². The number of pyridine rings is 1. The van der Waals surface area contributed by atoms with Crippen LogP contribution in [0.3, 0.4) is 0 Å². The molecule has 1 aromatic heterocycles. The van der Waals surface area contributed by atoms with Gasteiger partial charge in [-0.25, -0.2) is 4.98 Å². The Hall–Kier alpha value is -1.13. The van der Waals surface area contributed by atoms with Crippen molar-refractivity contribution < 1.29 is 10.2 Å². The quantitative estimate of drug-likeness (QED) is 0.856. The van der Waals surface area contributed by atoms with Crippen molar-refractivity contribution in [1.29, 1.82) is 0 Å². The number of nitrogens with zero attached hydrogens (tertiary/aromatic N) is 2. The number of hydrogen-bond donors (Lipinski definition) is 2. The lowest BCUT2D eigenvalue weighted by molar-refractivity contribution is 0.198. The van der Waals surface area contributed by atoms with Crippen molar-refractivity contribution in [2.24, 2.45) is 0 Å². The Morgan fingerprint density at radius 1 is 1.37 bits per heavy atom. The maximum atomic E-state index is 9.89. The zero-order valence-corrected chi connectivity index (χ0v) is 11.6. The van der Waals surface area contributed by atoms with Gasteiger partial charge in [-0.05, 0) is 25.8 Å². The number of anilines is 1. The van der Waals surface area contributed by atoms with E-state index in [2.05, 4.69) is 9.88 Å². The zero-order valence-electron chi connectivity index (χ0n) is 11.6. The van der Waals surface area contributed by atoms with Crippen molar-refractivity contribution in [1.82, 2.24) is 4.98 Å². The normalized spacial score (nSPS) is 18.3. The fraction of sp³-hybridized carbons (Fsp3) is 0.667. The first-order chi connectivity index (χ1) is 9.24. The predicted octanol–water partition coefficient (Wildman–Crippen LogP) is 2.27. The smallest absolute Gasteiger partial charge is 0.134 e. The van der Waals surface area contributed by atoms with E-state index in [0.717, 1.165) is 24.2 Å². The Morgan fingerprint density at radius 3 is 2.74 bits per heavy atom. The molecular formula is C15H24N2O2. The molecule has 1 aromatic rings. The number of aliphatic hydroxyl groups is 2. The van der Waals surface area contributed by atoms with E-state index in [4.69, 9.17) is 0 Å². The van der Waals surface area contributed by atoms with Crippen LogP contribution in [0.1, 0.15) is 50.7 Å². The summed E-state index contributed by atoms with van der Waals surface area (Å²) in [5.74, 6) is 0.832.